The minimum absolute atomic E-state index is 0.255. The molecule has 0 N–H and O–H groups in total. The average molecular weight is 309 g/mol. The lowest BCUT2D eigenvalue weighted by Gasteiger charge is -2.18. The SMILES string of the molecule is COc1ccc(N(C)C(=O)c2coc(=O)c3ccccc23)cc1. The monoisotopic (exact) mass is 309 g/mol. The summed E-state index contributed by atoms with van der Waals surface area (Å²) in [5, 5.41) is 0.968. The Labute approximate surface area is 132 Å². The predicted octanol–water partition coefficient (Wildman–Crippen LogP) is 3.08. The zero-order valence-corrected chi connectivity index (χ0v) is 12.8. The van der Waals surface area contributed by atoms with Gasteiger partial charge in [0.15, 0.2) is 0 Å². The van der Waals surface area contributed by atoms with E-state index in [0.29, 0.717) is 27.8 Å². The third-order valence-corrected chi connectivity index (χ3v) is 3.72. The number of ether oxygens (including phenoxy) is 1. The zero-order valence-electron chi connectivity index (χ0n) is 12.8. The highest BCUT2D eigenvalue weighted by molar-refractivity contribution is 6.13. The van der Waals surface area contributed by atoms with Crippen molar-refractivity contribution in [2.24, 2.45) is 0 Å². The number of nitrogens with zero attached hydrogens (tertiary/aromatic N) is 1. The molecule has 23 heavy (non-hydrogen) atoms. The number of rotatable bonds is 3. The maximum absolute atomic E-state index is 12.8. The number of fused-ring (bicyclic) bond motifs is 1. The number of carbonyl (C=O) groups excluding carboxylic acids is 1. The van der Waals surface area contributed by atoms with Gasteiger partial charge in [0.2, 0.25) is 0 Å². The number of benzene rings is 2. The van der Waals surface area contributed by atoms with Crippen LogP contribution in [0.15, 0.2) is 64.0 Å². The quantitative estimate of drug-likeness (QED) is 0.746. The van der Waals surface area contributed by atoms with Gasteiger partial charge in [-0.05, 0) is 30.3 Å². The molecule has 1 heterocycles. The molecule has 0 saturated heterocycles. The van der Waals surface area contributed by atoms with Crippen LogP contribution in [0.5, 0.6) is 5.75 Å². The summed E-state index contributed by atoms with van der Waals surface area (Å²) in [6.45, 7) is 0. The zero-order chi connectivity index (χ0) is 16.4. The molecule has 0 radical (unpaired) electrons. The minimum Gasteiger partial charge on any atom is -0.497 e. The van der Waals surface area contributed by atoms with E-state index in [2.05, 4.69) is 0 Å². The van der Waals surface area contributed by atoms with E-state index in [-0.39, 0.29) is 5.91 Å². The summed E-state index contributed by atoms with van der Waals surface area (Å²) in [5.74, 6) is 0.459. The first-order valence-electron chi connectivity index (χ1n) is 7.04. The Morgan fingerprint density at radius 3 is 2.35 bits per heavy atom. The second-order valence-electron chi connectivity index (χ2n) is 5.04. The molecule has 0 aliphatic carbocycles. The molecule has 5 heteroatoms. The normalized spacial score (nSPS) is 10.5. The fraction of sp³-hybridized carbons (Fsp3) is 0.111. The molecule has 116 valence electrons. The highest BCUT2D eigenvalue weighted by Crippen LogP contribution is 2.22. The Morgan fingerprint density at radius 1 is 1.04 bits per heavy atom. The van der Waals surface area contributed by atoms with E-state index >= 15 is 0 Å². The largest absolute Gasteiger partial charge is 0.497 e. The molecule has 0 aliphatic rings. The second kappa shape index (κ2) is 5.96. The molecule has 0 unspecified atom stereocenters. The van der Waals surface area contributed by atoms with Gasteiger partial charge in [-0.1, -0.05) is 18.2 Å². The molecule has 0 bridgehead atoms. The highest BCUT2D eigenvalue weighted by Gasteiger charge is 2.18. The van der Waals surface area contributed by atoms with Crippen LogP contribution in [0.2, 0.25) is 0 Å². The second-order valence-corrected chi connectivity index (χ2v) is 5.04. The number of amides is 1. The third-order valence-electron chi connectivity index (χ3n) is 3.72. The molecule has 0 fully saturated rings. The van der Waals surface area contributed by atoms with E-state index in [1.54, 1.807) is 62.7 Å². The number of hydrogen-bond donors (Lipinski definition) is 0. The molecular formula is C18H15NO4. The van der Waals surface area contributed by atoms with Crippen molar-refractivity contribution in [1.29, 1.82) is 0 Å². The van der Waals surface area contributed by atoms with Gasteiger partial charge >= 0.3 is 5.63 Å². The van der Waals surface area contributed by atoms with Crippen molar-refractivity contribution in [3.8, 4) is 5.75 Å². The van der Waals surface area contributed by atoms with Gasteiger partial charge < -0.3 is 14.1 Å². The Balaban J connectivity index is 2.02. The first-order valence-corrected chi connectivity index (χ1v) is 7.04. The lowest BCUT2D eigenvalue weighted by atomic mass is 10.1. The molecule has 1 amide bonds. The van der Waals surface area contributed by atoms with E-state index in [1.807, 2.05) is 0 Å². The van der Waals surface area contributed by atoms with Crippen LogP contribution in [0, 0.1) is 0 Å². The molecule has 0 spiro atoms. The average Bonchev–Trinajstić information content (AvgIpc) is 2.61. The smallest absolute Gasteiger partial charge is 0.343 e. The van der Waals surface area contributed by atoms with Crippen molar-refractivity contribution in [3.05, 3.63) is 70.8 Å². The summed E-state index contributed by atoms with van der Waals surface area (Å²) < 4.78 is 10.1. The number of hydrogen-bond acceptors (Lipinski definition) is 4. The summed E-state index contributed by atoms with van der Waals surface area (Å²) in [4.78, 5) is 26.0. The maximum Gasteiger partial charge on any atom is 0.343 e. The molecule has 0 aliphatic heterocycles. The molecule has 5 nitrogen and oxygen atoms in total. The summed E-state index contributed by atoms with van der Waals surface area (Å²) in [7, 11) is 3.26. The fourth-order valence-electron chi connectivity index (χ4n) is 2.40. The van der Waals surface area contributed by atoms with Crippen LogP contribution in [0.3, 0.4) is 0 Å². The number of carbonyl (C=O) groups is 1. The lowest BCUT2D eigenvalue weighted by molar-refractivity contribution is 0.0992. The van der Waals surface area contributed by atoms with Crippen molar-refractivity contribution in [3.63, 3.8) is 0 Å². The van der Waals surface area contributed by atoms with Gasteiger partial charge in [-0.15, -0.1) is 0 Å². The first-order chi connectivity index (χ1) is 11.1. The van der Waals surface area contributed by atoms with Crippen LogP contribution in [0.1, 0.15) is 10.4 Å². The standard InChI is InChI=1S/C18H15NO4/c1-19(12-7-9-13(22-2)10-8-12)17(20)16-11-23-18(21)15-6-4-3-5-14(15)16/h3-11H,1-2H3. The van der Waals surface area contributed by atoms with Crippen molar-refractivity contribution < 1.29 is 13.9 Å². The molecule has 0 atom stereocenters. The van der Waals surface area contributed by atoms with Crippen molar-refractivity contribution in [1.82, 2.24) is 0 Å². The van der Waals surface area contributed by atoms with Crippen molar-refractivity contribution in [2.45, 2.75) is 0 Å². The first kappa shape index (κ1) is 14.8. The molecular weight excluding hydrogens is 294 g/mol. The lowest BCUT2D eigenvalue weighted by Crippen LogP contribution is -2.26. The third kappa shape index (κ3) is 2.68. The molecule has 1 aromatic heterocycles. The van der Waals surface area contributed by atoms with Crippen LogP contribution in [0.4, 0.5) is 5.69 Å². The van der Waals surface area contributed by atoms with E-state index in [1.165, 1.54) is 11.2 Å². The summed E-state index contributed by atoms with van der Waals surface area (Å²) in [6.07, 6.45) is 1.22. The summed E-state index contributed by atoms with van der Waals surface area (Å²) >= 11 is 0. The van der Waals surface area contributed by atoms with Crippen molar-refractivity contribution in [2.75, 3.05) is 19.1 Å². The Kier molecular flexibility index (Phi) is 3.85. The Hall–Kier alpha value is -3.08. The van der Waals surface area contributed by atoms with Gasteiger partial charge in [0.1, 0.15) is 12.0 Å². The van der Waals surface area contributed by atoms with Gasteiger partial charge in [-0.25, -0.2) is 4.79 Å². The molecule has 2 aromatic carbocycles. The predicted molar refractivity (Wildman–Crippen MR) is 88.2 cm³/mol. The summed E-state index contributed by atoms with van der Waals surface area (Å²) in [6, 6.07) is 14.0. The van der Waals surface area contributed by atoms with Crippen LogP contribution in [-0.2, 0) is 0 Å². The van der Waals surface area contributed by atoms with E-state index in [4.69, 9.17) is 9.15 Å². The Bertz CT molecular complexity index is 912. The summed E-state index contributed by atoms with van der Waals surface area (Å²) in [5.41, 5.74) is 0.605. The highest BCUT2D eigenvalue weighted by atomic mass is 16.5. The topological polar surface area (TPSA) is 59.8 Å². The number of anilines is 1. The van der Waals surface area contributed by atoms with Gasteiger partial charge in [0.05, 0.1) is 18.1 Å². The van der Waals surface area contributed by atoms with Crippen LogP contribution >= 0.6 is 0 Å². The van der Waals surface area contributed by atoms with Gasteiger partial charge in [0.25, 0.3) is 5.91 Å². The maximum atomic E-state index is 12.8. The number of methoxy groups -OCH3 is 1. The van der Waals surface area contributed by atoms with Crippen LogP contribution in [-0.4, -0.2) is 20.1 Å². The molecule has 0 saturated carbocycles. The van der Waals surface area contributed by atoms with E-state index < -0.39 is 5.63 Å². The van der Waals surface area contributed by atoms with Gasteiger partial charge in [-0.3, -0.25) is 4.79 Å². The van der Waals surface area contributed by atoms with E-state index in [0.717, 1.165) is 0 Å². The van der Waals surface area contributed by atoms with Gasteiger partial charge in [-0.2, -0.15) is 0 Å². The van der Waals surface area contributed by atoms with Crippen LogP contribution in [0.25, 0.3) is 10.8 Å². The van der Waals surface area contributed by atoms with Crippen molar-refractivity contribution >= 4 is 22.4 Å². The molecule has 3 rings (SSSR count). The molecule has 3 aromatic rings. The van der Waals surface area contributed by atoms with E-state index in [9.17, 15) is 9.59 Å². The Morgan fingerprint density at radius 2 is 1.70 bits per heavy atom. The van der Waals surface area contributed by atoms with Crippen LogP contribution < -0.4 is 15.3 Å². The minimum atomic E-state index is -0.454. The van der Waals surface area contributed by atoms with Gasteiger partial charge in [0, 0.05) is 18.1 Å². The fourth-order valence-corrected chi connectivity index (χ4v) is 2.40.